The van der Waals surface area contributed by atoms with Crippen molar-refractivity contribution in [3.05, 3.63) is 39.9 Å². The third-order valence-corrected chi connectivity index (χ3v) is 4.86. The highest BCUT2D eigenvalue weighted by Gasteiger charge is 2.38. The van der Waals surface area contributed by atoms with Crippen LogP contribution in [0.1, 0.15) is 17.0 Å². The van der Waals surface area contributed by atoms with E-state index in [9.17, 15) is 22.4 Å². The van der Waals surface area contributed by atoms with Gasteiger partial charge < -0.3 is 15.0 Å². The Morgan fingerprint density at radius 3 is 2.48 bits per heavy atom. The Morgan fingerprint density at radius 2 is 1.90 bits per heavy atom. The van der Waals surface area contributed by atoms with Gasteiger partial charge in [0.15, 0.2) is 6.61 Å². The molecule has 2 N–H and O–H groups in total. The predicted molar refractivity (Wildman–Crippen MR) is 112 cm³/mol. The summed E-state index contributed by atoms with van der Waals surface area (Å²) in [5.74, 6) is 0.591. The Morgan fingerprint density at radius 1 is 1.23 bits per heavy atom. The number of halogens is 7. The second kappa shape index (κ2) is 11.0. The summed E-state index contributed by atoms with van der Waals surface area (Å²) in [5.41, 5.74) is -1.31. The van der Waals surface area contributed by atoms with E-state index in [1.54, 1.807) is 0 Å². The van der Waals surface area contributed by atoms with Crippen LogP contribution in [-0.4, -0.2) is 35.8 Å². The molecule has 2 aromatic rings. The van der Waals surface area contributed by atoms with Gasteiger partial charge in [0.05, 0.1) is 11.6 Å². The largest absolute Gasteiger partial charge is 0.482 e. The molecule has 4 nitrogen and oxygen atoms in total. The molecule has 0 aliphatic heterocycles. The zero-order valence-corrected chi connectivity index (χ0v) is 18.2. The van der Waals surface area contributed by atoms with Gasteiger partial charge in [0.25, 0.3) is 5.91 Å². The summed E-state index contributed by atoms with van der Waals surface area (Å²) >= 11 is 17.5. The third-order valence-electron chi connectivity index (χ3n) is 4.19. The van der Waals surface area contributed by atoms with Crippen molar-refractivity contribution in [3.8, 4) is 29.2 Å². The van der Waals surface area contributed by atoms with Crippen molar-refractivity contribution in [2.75, 3.05) is 24.9 Å². The lowest BCUT2D eigenvalue weighted by Crippen LogP contribution is -2.29. The monoisotopic (exact) mass is 498 g/mol. The first-order valence-electron chi connectivity index (χ1n) is 8.89. The topological polar surface area (TPSA) is 54.1 Å². The Labute approximate surface area is 191 Å². The minimum atomic E-state index is -4.71. The van der Waals surface area contributed by atoms with Crippen LogP contribution in [0.2, 0.25) is 5.02 Å². The highest BCUT2D eigenvalue weighted by Crippen LogP contribution is 2.42. The van der Waals surface area contributed by atoms with Crippen LogP contribution in [0.5, 0.6) is 5.75 Å². The molecule has 0 atom stereocenters. The van der Waals surface area contributed by atoms with Gasteiger partial charge in [-0.25, -0.2) is 4.39 Å². The highest BCUT2D eigenvalue weighted by atomic mass is 35.5. The van der Waals surface area contributed by atoms with Crippen LogP contribution in [-0.2, 0) is 23.8 Å². The Hall–Kier alpha value is -2.08. The van der Waals surface area contributed by atoms with Crippen molar-refractivity contribution in [1.82, 2.24) is 10.3 Å². The Kier molecular flexibility index (Phi) is 8.92. The number of aromatic nitrogens is 1. The van der Waals surface area contributed by atoms with E-state index in [1.165, 1.54) is 0 Å². The van der Waals surface area contributed by atoms with E-state index in [4.69, 9.17) is 46.0 Å². The first-order valence-corrected chi connectivity index (χ1v) is 10.3. The minimum Gasteiger partial charge on any atom is -0.482 e. The number of amides is 1. The molecule has 0 radical (unpaired) electrons. The van der Waals surface area contributed by atoms with E-state index in [-0.39, 0.29) is 64.3 Å². The van der Waals surface area contributed by atoms with Crippen LogP contribution >= 0.6 is 34.8 Å². The number of nitrogens with one attached hydrogen (secondary N) is 2. The maximum atomic E-state index is 14.8. The number of hydrogen-bond donors (Lipinski definition) is 2. The quantitative estimate of drug-likeness (QED) is 0.284. The minimum absolute atomic E-state index is 0.000951. The molecule has 1 aromatic carbocycles. The molecule has 0 saturated carbocycles. The first kappa shape index (κ1) is 25.2. The average molecular weight is 500 g/mol. The molecule has 0 unspecified atom stereocenters. The molecule has 11 heteroatoms. The van der Waals surface area contributed by atoms with Crippen LogP contribution in [0.15, 0.2) is 12.1 Å². The van der Waals surface area contributed by atoms with E-state index in [1.807, 2.05) is 0 Å². The summed E-state index contributed by atoms with van der Waals surface area (Å²) in [6.07, 6.45) is 0.192. The first-order chi connectivity index (χ1) is 14.6. The van der Waals surface area contributed by atoms with Gasteiger partial charge in [-0.3, -0.25) is 4.79 Å². The summed E-state index contributed by atoms with van der Waals surface area (Å²) in [4.78, 5) is 14.0. The number of alkyl halides is 5. The maximum Gasteiger partial charge on any atom is 0.431 e. The fraction of sp³-hybridized carbons (Fsp3) is 0.350. The lowest BCUT2D eigenvalue weighted by Gasteiger charge is -2.14. The van der Waals surface area contributed by atoms with Gasteiger partial charge in [-0.05, 0) is 24.1 Å². The van der Waals surface area contributed by atoms with E-state index >= 15 is 0 Å². The van der Waals surface area contributed by atoms with Gasteiger partial charge in [-0.15, -0.1) is 29.6 Å². The zero-order valence-electron chi connectivity index (χ0n) is 15.9. The molecule has 2 rings (SSSR count). The van der Waals surface area contributed by atoms with Crippen LogP contribution in [0.25, 0.3) is 11.1 Å². The molecule has 1 aromatic heterocycles. The van der Waals surface area contributed by atoms with Gasteiger partial charge in [-0.2, -0.15) is 13.2 Å². The summed E-state index contributed by atoms with van der Waals surface area (Å²) < 4.78 is 60.9. The fourth-order valence-electron chi connectivity index (χ4n) is 2.96. The lowest BCUT2D eigenvalue weighted by atomic mass is 9.96. The normalized spacial score (nSPS) is 11.3. The highest BCUT2D eigenvalue weighted by molar-refractivity contribution is 6.32. The summed E-state index contributed by atoms with van der Waals surface area (Å²) in [5, 5.41) is 2.22. The number of carbonyl (C=O) groups excluding carboxylic acids is 1. The van der Waals surface area contributed by atoms with Gasteiger partial charge in [-0.1, -0.05) is 17.5 Å². The Bertz CT molecular complexity index is 984. The standard InChI is InChI=1S/C20H17Cl3F4N2O2/c1-2-7-28-17(30)10-31-16-8-12(14(24)9-13(16)23)18-11(3-5-21)19(20(25,26)27)29-15(18)4-6-22/h1,8-9,29H,3-7,10H2,(H,28,30). The van der Waals surface area contributed by atoms with E-state index in [0.29, 0.717) is 0 Å². The predicted octanol–water partition coefficient (Wildman–Crippen LogP) is 5.18. The second-order valence-electron chi connectivity index (χ2n) is 6.24. The van der Waals surface area contributed by atoms with Crippen molar-refractivity contribution in [2.45, 2.75) is 19.0 Å². The molecule has 0 aliphatic carbocycles. The van der Waals surface area contributed by atoms with Crippen LogP contribution in [0.4, 0.5) is 17.6 Å². The molecule has 1 heterocycles. The van der Waals surface area contributed by atoms with E-state index < -0.39 is 30.2 Å². The number of benzene rings is 1. The van der Waals surface area contributed by atoms with Crippen molar-refractivity contribution < 1.29 is 27.1 Å². The number of ether oxygens (including phenoxy) is 1. The molecular weight excluding hydrogens is 483 g/mol. The average Bonchev–Trinajstić information content (AvgIpc) is 3.04. The Balaban J connectivity index is 2.57. The summed E-state index contributed by atoms with van der Waals surface area (Å²) in [6.45, 7) is -0.492. The van der Waals surface area contributed by atoms with Gasteiger partial charge in [0.2, 0.25) is 0 Å². The molecule has 0 fully saturated rings. The van der Waals surface area contributed by atoms with Gasteiger partial charge in [0.1, 0.15) is 17.3 Å². The van der Waals surface area contributed by atoms with Gasteiger partial charge >= 0.3 is 6.18 Å². The van der Waals surface area contributed by atoms with Crippen LogP contribution < -0.4 is 10.1 Å². The van der Waals surface area contributed by atoms with Crippen molar-refractivity contribution >= 4 is 40.7 Å². The van der Waals surface area contributed by atoms with Gasteiger partial charge in [0, 0.05) is 35.0 Å². The maximum absolute atomic E-state index is 14.8. The molecule has 0 spiro atoms. The number of aryl methyl sites for hydroxylation is 1. The summed E-state index contributed by atoms with van der Waals surface area (Å²) in [6, 6.07) is 2.05. The number of carbonyl (C=O) groups is 1. The second-order valence-corrected chi connectivity index (χ2v) is 7.40. The molecule has 0 saturated heterocycles. The van der Waals surface area contributed by atoms with E-state index in [2.05, 4.69) is 16.2 Å². The number of rotatable bonds is 9. The summed E-state index contributed by atoms with van der Waals surface area (Å²) in [7, 11) is 0. The smallest absolute Gasteiger partial charge is 0.431 e. The fourth-order valence-corrected chi connectivity index (χ4v) is 3.55. The van der Waals surface area contributed by atoms with Crippen LogP contribution in [0, 0.1) is 18.2 Å². The van der Waals surface area contributed by atoms with Crippen molar-refractivity contribution in [1.29, 1.82) is 0 Å². The molecule has 0 bridgehead atoms. The molecule has 168 valence electrons. The molecule has 1 amide bonds. The number of aromatic amines is 1. The lowest BCUT2D eigenvalue weighted by molar-refractivity contribution is -0.141. The van der Waals surface area contributed by atoms with Crippen LogP contribution in [0.3, 0.4) is 0 Å². The number of hydrogen-bond acceptors (Lipinski definition) is 2. The third kappa shape index (κ3) is 6.22. The SMILES string of the molecule is C#CCNC(=O)COc1cc(-c2c(CCCl)[nH]c(C(F)(F)F)c2CCCl)c(F)cc1Cl. The van der Waals surface area contributed by atoms with Crippen molar-refractivity contribution in [3.63, 3.8) is 0 Å². The van der Waals surface area contributed by atoms with Crippen molar-refractivity contribution in [2.24, 2.45) is 0 Å². The number of H-pyrrole nitrogens is 1. The molecular formula is C20H17Cl3F4N2O2. The number of terminal acetylenes is 1. The zero-order chi connectivity index (χ0) is 23.2. The van der Waals surface area contributed by atoms with E-state index in [0.717, 1.165) is 12.1 Å². The molecule has 0 aliphatic rings. The molecule has 31 heavy (non-hydrogen) atoms.